The first kappa shape index (κ1) is 11.7. The molecule has 0 saturated heterocycles. The third-order valence-electron chi connectivity index (χ3n) is 3.96. The Morgan fingerprint density at radius 3 is 2.50 bits per heavy atom. The van der Waals surface area contributed by atoms with Crippen LogP contribution in [-0.4, -0.2) is 13.6 Å². The van der Waals surface area contributed by atoms with Crippen LogP contribution < -0.4 is 5.32 Å². The van der Waals surface area contributed by atoms with E-state index in [1.165, 1.54) is 31.2 Å². The zero-order chi connectivity index (χ0) is 11.4. The number of likely N-dealkylation sites (N-methyl/N-ethyl adjacent to an activating group) is 1. The highest BCUT2D eigenvalue weighted by molar-refractivity contribution is 5.29. The second kappa shape index (κ2) is 5.01. The molecule has 0 amide bonds. The molecule has 16 heavy (non-hydrogen) atoms. The van der Waals surface area contributed by atoms with Gasteiger partial charge < -0.3 is 5.32 Å². The lowest BCUT2D eigenvalue weighted by atomic mass is 9.57. The molecule has 0 unspecified atom stereocenters. The van der Waals surface area contributed by atoms with E-state index >= 15 is 0 Å². The molecule has 1 aliphatic carbocycles. The molecule has 0 bridgehead atoms. The summed E-state index contributed by atoms with van der Waals surface area (Å²) in [5.74, 6) is 0.957. The van der Waals surface area contributed by atoms with Crippen molar-refractivity contribution in [2.45, 2.75) is 38.0 Å². The van der Waals surface area contributed by atoms with Crippen LogP contribution in [0.3, 0.4) is 0 Å². The van der Waals surface area contributed by atoms with Crippen LogP contribution in [0.4, 0.5) is 0 Å². The molecule has 0 aromatic heterocycles. The van der Waals surface area contributed by atoms with Crippen molar-refractivity contribution in [2.75, 3.05) is 13.6 Å². The fourth-order valence-corrected chi connectivity index (χ4v) is 3.27. The molecule has 1 saturated carbocycles. The van der Waals surface area contributed by atoms with Gasteiger partial charge in [0.25, 0.3) is 0 Å². The first-order chi connectivity index (χ1) is 7.80. The molecular weight excluding hydrogens is 194 g/mol. The van der Waals surface area contributed by atoms with Gasteiger partial charge in [0.15, 0.2) is 0 Å². The molecule has 1 fully saturated rings. The molecule has 0 spiro atoms. The molecule has 1 aromatic carbocycles. The Morgan fingerprint density at radius 2 is 1.94 bits per heavy atom. The average Bonchev–Trinajstić information content (AvgIpc) is 2.27. The van der Waals surface area contributed by atoms with Gasteiger partial charge in [0.1, 0.15) is 0 Å². The predicted octanol–water partition coefficient (Wildman–Crippen LogP) is 3.35. The van der Waals surface area contributed by atoms with E-state index in [2.05, 4.69) is 49.6 Å². The van der Waals surface area contributed by atoms with Gasteiger partial charge in [0.2, 0.25) is 0 Å². The van der Waals surface area contributed by atoms with E-state index in [0.29, 0.717) is 5.41 Å². The number of hydrogen-bond acceptors (Lipinski definition) is 1. The molecular formula is C15H23N. The summed E-state index contributed by atoms with van der Waals surface area (Å²) in [6, 6.07) is 11.0. The topological polar surface area (TPSA) is 12.0 Å². The lowest BCUT2D eigenvalue weighted by Crippen LogP contribution is -2.47. The Morgan fingerprint density at radius 1 is 1.25 bits per heavy atom. The first-order valence-electron chi connectivity index (χ1n) is 6.51. The van der Waals surface area contributed by atoms with Crippen LogP contribution in [0, 0.1) is 5.92 Å². The van der Waals surface area contributed by atoms with E-state index in [1.54, 1.807) is 0 Å². The molecule has 0 aliphatic heterocycles. The summed E-state index contributed by atoms with van der Waals surface area (Å²) in [7, 11) is 2.07. The second-order valence-corrected chi connectivity index (χ2v) is 5.24. The summed E-state index contributed by atoms with van der Waals surface area (Å²) >= 11 is 0. The van der Waals surface area contributed by atoms with Crippen molar-refractivity contribution in [3.8, 4) is 0 Å². The quantitative estimate of drug-likeness (QED) is 0.797. The standard InChI is InChI=1S/C15H23N/c1-3-7-13-10-15(11-13,12-16-2)14-8-5-4-6-9-14/h4-6,8-9,13,16H,3,7,10-12H2,1-2H3. The minimum absolute atomic E-state index is 0.426. The molecule has 1 heteroatoms. The summed E-state index contributed by atoms with van der Waals surface area (Å²) in [4.78, 5) is 0. The van der Waals surface area contributed by atoms with Crippen molar-refractivity contribution in [1.82, 2.24) is 5.32 Å². The highest BCUT2D eigenvalue weighted by atomic mass is 14.8. The minimum atomic E-state index is 0.426. The van der Waals surface area contributed by atoms with Gasteiger partial charge >= 0.3 is 0 Å². The number of rotatable bonds is 5. The van der Waals surface area contributed by atoms with E-state index in [0.717, 1.165) is 12.5 Å². The Kier molecular flexibility index (Phi) is 3.65. The van der Waals surface area contributed by atoms with Gasteiger partial charge in [-0.15, -0.1) is 0 Å². The maximum absolute atomic E-state index is 3.37. The highest BCUT2D eigenvalue weighted by Crippen LogP contribution is 2.49. The van der Waals surface area contributed by atoms with Gasteiger partial charge in [-0.3, -0.25) is 0 Å². The molecule has 1 aromatic rings. The van der Waals surface area contributed by atoms with E-state index in [4.69, 9.17) is 0 Å². The zero-order valence-electron chi connectivity index (χ0n) is 10.5. The molecule has 1 aliphatic rings. The average molecular weight is 217 g/mol. The summed E-state index contributed by atoms with van der Waals surface area (Å²) in [6.45, 7) is 3.41. The van der Waals surface area contributed by atoms with Crippen molar-refractivity contribution < 1.29 is 0 Å². The van der Waals surface area contributed by atoms with Gasteiger partial charge in [0, 0.05) is 12.0 Å². The first-order valence-corrected chi connectivity index (χ1v) is 6.51. The number of hydrogen-bond donors (Lipinski definition) is 1. The van der Waals surface area contributed by atoms with Crippen LogP contribution in [0.15, 0.2) is 30.3 Å². The minimum Gasteiger partial charge on any atom is -0.319 e. The van der Waals surface area contributed by atoms with E-state index in [-0.39, 0.29) is 0 Å². The van der Waals surface area contributed by atoms with Gasteiger partial charge in [-0.2, -0.15) is 0 Å². The van der Waals surface area contributed by atoms with E-state index in [1.807, 2.05) is 0 Å². The van der Waals surface area contributed by atoms with Crippen LogP contribution in [0.25, 0.3) is 0 Å². The fourth-order valence-electron chi connectivity index (χ4n) is 3.27. The smallest absolute Gasteiger partial charge is 0.00829 e. The van der Waals surface area contributed by atoms with Gasteiger partial charge in [-0.1, -0.05) is 50.1 Å². The van der Waals surface area contributed by atoms with Crippen molar-refractivity contribution in [2.24, 2.45) is 5.92 Å². The van der Waals surface area contributed by atoms with Gasteiger partial charge in [-0.05, 0) is 31.4 Å². The molecule has 0 atom stereocenters. The largest absolute Gasteiger partial charge is 0.319 e. The Hall–Kier alpha value is -0.820. The third-order valence-corrected chi connectivity index (χ3v) is 3.96. The second-order valence-electron chi connectivity index (χ2n) is 5.24. The SMILES string of the molecule is CCCC1CC(CNC)(c2ccccc2)C1. The highest BCUT2D eigenvalue weighted by Gasteiger charge is 2.43. The molecule has 0 heterocycles. The van der Waals surface area contributed by atoms with E-state index in [9.17, 15) is 0 Å². The Labute approximate surface area is 99.3 Å². The monoisotopic (exact) mass is 217 g/mol. The molecule has 88 valence electrons. The van der Waals surface area contributed by atoms with Crippen molar-refractivity contribution in [3.05, 3.63) is 35.9 Å². The molecule has 1 N–H and O–H groups in total. The summed E-state index contributed by atoms with van der Waals surface area (Å²) in [5.41, 5.74) is 1.95. The van der Waals surface area contributed by atoms with Crippen LogP contribution in [0.2, 0.25) is 0 Å². The fraction of sp³-hybridized carbons (Fsp3) is 0.600. The van der Waals surface area contributed by atoms with Gasteiger partial charge in [0.05, 0.1) is 0 Å². The summed E-state index contributed by atoms with van der Waals surface area (Å²) in [5, 5.41) is 3.37. The Balaban J connectivity index is 2.08. The van der Waals surface area contributed by atoms with Crippen LogP contribution in [0.5, 0.6) is 0 Å². The van der Waals surface area contributed by atoms with Gasteiger partial charge in [-0.25, -0.2) is 0 Å². The normalized spacial score (nSPS) is 28.8. The maximum atomic E-state index is 3.37. The van der Waals surface area contributed by atoms with Crippen molar-refractivity contribution in [1.29, 1.82) is 0 Å². The van der Waals surface area contributed by atoms with Crippen molar-refractivity contribution in [3.63, 3.8) is 0 Å². The summed E-state index contributed by atoms with van der Waals surface area (Å²) in [6.07, 6.45) is 5.46. The lowest BCUT2D eigenvalue weighted by molar-refractivity contribution is 0.131. The predicted molar refractivity (Wildman–Crippen MR) is 69.7 cm³/mol. The maximum Gasteiger partial charge on any atom is 0.00829 e. The summed E-state index contributed by atoms with van der Waals surface area (Å²) < 4.78 is 0. The molecule has 2 rings (SSSR count). The van der Waals surface area contributed by atoms with Crippen LogP contribution >= 0.6 is 0 Å². The van der Waals surface area contributed by atoms with Crippen molar-refractivity contribution >= 4 is 0 Å². The zero-order valence-corrected chi connectivity index (χ0v) is 10.5. The van der Waals surface area contributed by atoms with E-state index < -0.39 is 0 Å². The Bertz CT molecular complexity index is 311. The third kappa shape index (κ3) is 2.15. The van der Waals surface area contributed by atoms with Crippen LogP contribution in [0.1, 0.15) is 38.2 Å². The number of nitrogens with one attached hydrogen (secondary N) is 1. The van der Waals surface area contributed by atoms with Crippen LogP contribution in [-0.2, 0) is 5.41 Å². The number of benzene rings is 1. The lowest BCUT2D eigenvalue weighted by Gasteiger charge is -2.48. The molecule has 0 radical (unpaired) electrons. The molecule has 1 nitrogen and oxygen atoms in total.